The van der Waals surface area contributed by atoms with Crippen molar-refractivity contribution in [1.82, 2.24) is 10.2 Å². The Morgan fingerprint density at radius 2 is 1.94 bits per heavy atom. The first kappa shape index (κ1) is 14.9. The second kappa shape index (κ2) is 6.11. The first-order valence-electron chi connectivity index (χ1n) is 5.55. The van der Waals surface area contributed by atoms with Crippen LogP contribution < -0.4 is 5.32 Å². The number of benzene rings is 1. The molecule has 1 atom stereocenters. The summed E-state index contributed by atoms with van der Waals surface area (Å²) in [5.74, 6) is -1.77. The summed E-state index contributed by atoms with van der Waals surface area (Å²) in [6.45, 7) is 3.77. The predicted octanol–water partition coefficient (Wildman–Crippen LogP) is 1.82. The van der Waals surface area contributed by atoms with Gasteiger partial charge in [-0.05, 0) is 19.1 Å². The molecule has 1 aliphatic heterocycles. The van der Waals surface area contributed by atoms with Gasteiger partial charge in [0.25, 0.3) is 5.91 Å². The molecule has 1 heterocycles. The third kappa shape index (κ3) is 3.40. The number of amides is 1. The van der Waals surface area contributed by atoms with Crippen molar-refractivity contribution >= 4 is 18.3 Å². The molecule has 18 heavy (non-hydrogen) atoms. The number of hydrogen-bond acceptors (Lipinski definition) is 2. The SMILES string of the molecule is C[C@@H]1CN(C(=O)c2cc(F)cc(F)c2)CCN1.Cl. The highest BCUT2D eigenvalue weighted by Crippen LogP contribution is 2.12. The minimum Gasteiger partial charge on any atom is -0.336 e. The maximum atomic E-state index is 13.0. The van der Waals surface area contributed by atoms with Gasteiger partial charge in [-0.25, -0.2) is 8.78 Å². The quantitative estimate of drug-likeness (QED) is 0.849. The van der Waals surface area contributed by atoms with Crippen LogP contribution in [0.1, 0.15) is 17.3 Å². The van der Waals surface area contributed by atoms with Gasteiger partial charge < -0.3 is 10.2 Å². The molecule has 1 aliphatic rings. The van der Waals surface area contributed by atoms with Crippen molar-refractivity contribution in [3.05, 3.63) is 35.4 Å². The largest absolute Gasteiger partial charge is 0.336 e. The normalized spacial score (nSPS) is 19.3. The second-order valence-corrected chi connectivity index (χ2v) is 4.26. The lowest BCUT2D eigenvalue weighted by Crippen LogP contribution is -2.51. The van der Waals surface area contributed by atoms with E-state index in [0.29, 0.717) is 19.6 Å². The minimum atomic E-state index is -0.725. The van der Waals surface area contributed by atoms with Gasteiger partial charge in [0.15, 0.2) is 0 Å². The first-order valence-corrected chi connectivity index (χ1v) is 5.55. The van der Waals surface area contributed by atoms with E-state index in [9.17, 15) is 13.6 Å². The standard InChI is InChI=1S/C12H14F2N2O.ClH/c1-8-7-16(3-2-15-8)12(17)9-4-10(13)6-11(14)5-9;/h4-6,8,15H,2-3,7H2,1H3;1H/t8-;/m1./s1. The lowest BCUT2D eigenvalue weighted by atomic mass is 10.1. The third-order valence-electron chi connectivity index (χ3n) is 2.77. The minimum absolute atomic E-state index is 0. The predicted molar refractivity (Wildman–Crippen MR) is 67.0 cm³/mol. The van der Waals surface area contributed by atoms with Gasteiger partial charge in [-0.1, -0.05) is 0 Å². The molecule has 1 aromatic carbocycles. The van der Waals surface area contributed by atoms with Crippen LogP contribution in [0.4, 0.5) is 8.78 Å². The molecule has 1 aromatic rings. The van der Waals surface area contributed by atoms with Gasteiger partial charge in [-0.2, -0.15) is 0 Å². The Morgan fingerprint density at radius 3 is 2.50 bits per heavy atom. The highest BCUT2D eigenvalue weighted by Gasteiger charge is 2.22. The first-order chi connectivity index (χ1) is 8.06. The molecule has 2 rings (SSSR count). The van der Waals surface area contributed by atoms with E-state index >= 15 is 0 Å². The molecule has 0 bridgehead atoms. The Labute approximate surface area is 111 Å². The molecular weight excluding hydrogens is 262 g/mol. The number of nitrogens with zero attached hydrogens (tertiary/aromatic N) is 1. The smallest absolute Gasteiger partial charge is 0.254 e. The van der Waals surface area contributed by atoms with Crippen molar-refractivity contribution < 1.29 is 13.6 Å². The summed E-state index contributed by atoms with van der Waals surface area (Å²) in [6, 6.07) is 3.10. The summed E-state index contributed by atoms with van der Waals surface area (Å²) < 4.78 is 26.0. The molecule has 1 saturated heterocycles. The molecule has 100 valence electrons. The van der Waals surface area contributed by atoms with Gasteiger partial charge >= 0.3 is 0 Å². The summed E-state index contributed by atoms with van der Waals surface area (Å²) in [4.78, 5) is 13.6. The van der Waals surface area contributed by atoms with E-state index in [0.717, 1.165) is 18.2 Å². The van der Waals surface area contributed by atoms with Crippen LogP contribution in [0.2, 0.25) is 0 Å². The van der Waals surface area contributed by atoms with Crippen molar-refractivity contribution in [3.8, 4) is 0 Å². The maximum absolute atomic E-state index is 13.0. The fourth-order valence-electron chi connectivity index (χ4n) is 1.98. The van der Waals surface area contributed by atoms with Crippen LogP contribution >= 0.6 is 12.4 Å². The average Bonchev–Trinajstić information content (AvgIpc) is 2.26. The summed E-state index contributed by atoms with van der Waals surface area (Å²) in [5, 5.41) is 3.20. The summed E-state index contributed by atoms with van der Waals surface area (Å²) >= 11 is 0. The van der Waals surface area contributed by atoms with Crippen LogP contribution in [-0.2, 0) is 0 Å². The fourth-order valence-corrected chi connectivity index (χ4v) is 1.98. The van der Waals surface area contributed by atoms with E-state index in [4.69, 9.17) is 0 Å². The van der Waals surface area contributed by atoms with Gasteiger partial charge in [-0.15, -0.1) is 12.4 Å². The van der Waals surface area contributed by atoms with E-state index in [2.05, 4.69) is 5.32 Å². The van der Waals surface area contributed by atoms with E-state index in [1.54, 1.807) is 4.90 Å². The van der Waals surface area contributed by atoms with Gasteiger partial charge in [0, 0.05) is 37.3 Å². The maximum Gasteiger partial charge on any atom is 0.254 e. The Kier molecular flexibility index (Phi) is 5.04. The molecule has 1 fully saturated rings. The molecule has 0 aromatic heterocycles. The van der Waals surface area contributed by atoms with Crippen LogP contribution in [-0.4, -0.2) is 36.5 Å². The zero-order valence-electron chi connectivity index (χ0n) is 9.95. The lowest BCUT2D eigenvalue weighted by Gasteiger charge is -2.31. The third-order valence-corrected chi connectivity index (χ3v) is 2.77. The fraction of sp³-hybridized carbons (Fsp3) is 0.417. The second-order valence-electron chi connectivity index (χ2n) is 4.26. The number of halogens is 3. The summed E-state index contributed by atoms with van der Waals surface area (Å²) in [7, 11) is 0. The van der Waals surface area contributed by atoms with Gasteiger partial charge in [0.2, 0.25) is 0 Å². The molecule has 3 nitrogen and oxygen atoms in total. The van der Waals surface area contributed by atoms with Crippen molar-refractivity contribution in [2.24, 2.45) is 0 Å². The van der Waals surface area contributed by atoms with Crippen LogP contribution in [0, 0.1) is 11.6 Å². The lowest BCUT2D eigenvalue weighted by molar-refractivity contribution is 0.0708. The zero-order valence-corrected chi connectivity index (χ0v) is 10.8. The van der Waals surface area contributed by atoms with E-state index in [-0.39, 0.29) is 29.9 Å². The van der Waals surface area contributed by atoms with Crippen molar-refractivity contribution in [2.75, 3.05) is 19.6 Å². The number of carbonyl (C=O) groups excluding carboxylic acids is 1. The van der Waals surface area contributed by atoms with Gasteiger partial charge in [0.05, 0.1) is 0 Å². The van der Waals surface area contributed by atoms with Crippen molar-refractivity contribution in [3.63, 3.8) is 0 Å². The summed E-state index contributed by atoms with van der Waals surface area (Å²) in [5.41, 5.74) is 0.0663. The molecule has 6 heteroatoms. The van der Waals surface area contributed by atoms with Gasteiger partial charge in [-0.3, -0.25) is 4.79 Å². The Hall–Kier alpha value is -1.20. The van der Waals surface area contributed by atoms with Crippen LogP contribution in [0.5, 0.6) is 0 Å². The monoisotopic (exact) mass is 276 g/mol. The van der Waals surface area contributed by atoms with Crippen LogP contribution in [0.15, 0.2) is 18.2 Å². The molecule has 0 unspecified atom stereocenters. The van der Waals surface area contributed by atoms with Gasteiger partial charge in [0.1, 0.15) is 11.6 Å². The number of piperazine rings is 1. The highest BCUT2D eigenvalue weighted by atomic mass is 35.5. The van der Waals surface area contributed by atoms with Crippen LogP contribution in [0.3, 0.4) is 0 Å². The molecule has 0 spiro atoms. The van der Waals surface area contributed by atoms with E-state index in [1.807, 2.05) is 6.92 Å². The van der Waals surface area contributed by atoms with E-state index < -0.39 is 11.6 Å². The Morgan fingerprint density at radius 1 is 1.33 bits per heavy atom. The zero-order chi connectivity index (χ0) is 12.4. The van der Waals surface area contributed by atoms with E-state index in [1.165, 1.54) is 0 Å². The Balaban J connectivity index is 0.00000162. The van der Waals surface area contributed by atoms with Crippen molar-refractivity contribution in [2.45, 2.75) is 13.0 Å². The summed E-state index contributed by atoms with van der Waals surface area (Å²) in [6.07, 6.45) is 0. The number of rotatable bonds is 1. The topological polar surface area (TPSA) is 32.3 Å². The number of carbonyl (C=O) groups is 1. The number of hydrogen-bond donors (Lipinski definition) is 1. The average molecular weight is 277 g/mol. The molecule has 0 radical (unpaired) electrons. The van der Waals surface area contributed by atoms with Crippen molar-refractivity contribution in [1.29, 1.82) is 0 Å². The molecular formula is C12H15ClF2N2O. The molecule has 0 saturated carbocycles. The molecule has 1 amide bonds. The van der Waals surface area contributed by atoms with Crippen LogP contribution in [0.25, 0.3) is 0 Å². The molecule has 0 aliphatic carbocycles. The highest BCUT2D eigenvalue weighted by molar-refractivity contribution is 5.94. The molecule has 1 N–H and O–H groups in total. The number of nitrogens with one attached hydrogen (secondary N) is 1. The Bertz CT molecular complexity index is 422.